The standard InChI is InChI=1S/C8H12N2O3S/c1-13-8-5-6(3-4-7(8)9)10-14(2,11)12/h3-5,10H,9H2,1-2H3. The van der Waals surface area contributed by atoms with Gasteiger partial charge in [0, 0.05) is 6.07 Å². The molecule has 0 radical (unpaired) electrons. The molecule has 6 heteroatoms. The lowest BCUT2D eigenvalue weighted by molar-refractivity contribution is 0.417. The topological polar surface area (TPSA) is 81.4 Å². The maximum Gasteiger partial charge on any atom is 0.229 e. The number of hydrogen-bond acceptors (Lipinski definition) is 4. The average molecular weight is 216 g/mol. The number of anilines is 2. The summed E-state index contributed by atoms with van der Waals surface area (Å²) in [4.78, 5) is 0. The zero-order chi connectivity index (χ0) is 10.8. The summed E-state index contributed by atoms with van der Waals surface area (Å²) in [6.07, 6.45) is 1.08. The van der Waals surface area contributed by atoms with E-state index >= 15 is 0 Å². The molecule has 0 fully saturated rings. The highest BCUT2D eigenvalue weighted by atomic mass is 32.2. The molecule has 0 aliphatic carbocycles. The van der Waals surface area contributed by atoms with Gasteiger partial charge in [-0.1, -0.05) is 0 Å². The van der Waals surface area contributed by atoms with Crippen LogP contribution in [0.3, 0.4) is 0 Å². The van der Waals surface area contributed by atoms with Crippen LogP contribution in [0.2, 0.25) is 0 Å². The molecule has 3 N–H and O–H groups in total. The van der Waals surface area contributed by atoms with Gasteiger partial charge >= 0.3 is 0 Å². The van der Waals surface area contributed by atoms with Gasteiger partial charge in [0.15, 0.2) is 0 Å². The Morgan fingerprint density at radius 2 is 2.07 bits per heavy atom. The molecular formula is C8H12N2O3S. The average Bonchev–Trinajstić information content (AvgIpc) is 2.06. The Morgan fingerprint density at radius 3 is 2.57 bits per heavy atom. The Morgan fingerprint density at radius 1 is 1.43 bits per heavy atom. The first-order valence-corrected chi connectivity index (χ1v) is 5.73. The second-order valence-electron chi connectivity index (χ2n) is 2.83. The van der Waals surface area contributed by atoms with Crippen molar-refractivity contribution in [3.63, 3.8) is 0 Å². The first-order chi connectivity index (χ1) is 6.42. The van der Waals surface area contributed by atoms with E-state index < -0.39 is 10.0 Å². The number of nitrogens with two attached hydrogens (primary N) is 1. The molecule has 0 aromatic heterocycles. The summed E-state index contributed by atoms with van der Waals surface area (Å²) in [5, 5.41) is 0. The molecule has 0 amide bonds. The van der Waals surface area contributed by atoms with Gasteiger partial charge in [0.05, 0.1) is 24.7 Å². The normalized spacial score (nSPS) is 11.0. The van der Waals surface area contributed by atoms with Gasteiger partial charge in [-0.2, -0.15) is 0 Å². The summed E-state index contributed by atoms with van der Waals surface area (Å²) in [6, 6.07) is 4.67. The first kappa shape index (κ1) is 10.6. The van der Waals surface area contributed by atoms with E-state index in [2.05, 4.69) is 4.72 Å². The Bertz CT molecular complexity index is 428. The molecule has 0 heterocycles. The van der Waals surface area contributed by atoms with E-state index in [1.54, 1.807) is 12.1 Å². The fourth-order valence-corrected chi connectivity index (χ4v) is 1.54. The molecule has 5 nitrogen and oxygen atoms in total. The maximum absolute atomic E-state index is 10.9. The summed E-state index contributed by atoms with van der Waals surface area (Å²) in [5.41, 5.74) is 6.46. The minimum atomic E-state index is -3.26. The molecule has 78 valence electrons. The number of hydrogen-bond donors (Lipinski definition) is 2. The van der Waals surface area contributed by atoms with Crippen molar-refractivity contribution in [1.82, 2.24) is 0 Å². The first-order valence-electron chi connectivity index (χ1n) is 3.83. The quantitative estimate of drug-likeness (QED) is 0.727. The van der Waals surface area contributed by atoms with Crippen LogP contribution >= 0.6 is 0 Å². The van der Waals surface area contributed by atoms with Crippen molar-refractivity contribution in [1.29, 1.82) is 0 Å². The Kier molecular flexibility index (Phi) is 2.85. The van der Waals surface area contributed by atoms with Crippen molar-refractivity contribution in [2.24, 2.45) is 0 Å². The zero-order valence-corrected chi connectivity index (χ0v) is 8.76. The minimum absolute atomic E-state index is 0.429. The molecule has 0 bridgehead atoms. The predicted octanol–water partition coefficient (Wildman–Crippen LogP) is 0.649. The van der Waals surface area contributed by atoms with Crippen LogP contribution in [0.5, 0.6) is 5.75 Å². The van der Waals surface area contributed by atoms with Crippen LogP contribution < -0.4 is 15.2 Å². The SMILES string of the molecule is COc1cc(NS(C)(=O)=O)ccc1N. The Balaban J connectivity index is 3.01. The summed E-state index contributed by atoms with van der Waals surface area (Å²) in [5.74, 6) is 0.443. The van der Waals surface area contributed by atoms with Crippen molar-refractivity contribution < 1.29 is 13.2 Å². The highest BCUT2D eigenvalue weighted by Crippen LogP contribution is 2.25. The third-order valence-electron chi connectivity index (χ3n) is 1.54. The minimum Gasteiger partial charge on any atom is -0.495 e. The molecule has 0 aliphatic heterocycles. The fourth-order valence-electron chi connectivity index (χ4n) is 0.989. The van der Waals surface area contributed by atoms with Crippen LogP contribution in [0.15, 0.2) is 18.2 Å². The van der Waals surface area contributed by atoms with Gasteiger partial charge in [0.25, 0.3) is 0 Å². The molecule has 1 aromatic rings. The predicted molar refractivity (Wildman–Crippen MR) is 55.9 cm³/mol. The fraction of sp³-hybridized carbons (Fsp3) is 0.250. The highest BCUT2D eigenvalue weighted by molar-refractivity contribution is 7.92. The second kappa shape index (κ2) is 3.75. The zero-order valence-electron chi connectivity index (χ0n) is 7.94. The second-order valence-corrected chi connectivity index (χ2v) is 4.58. The van der Waals surface area contributed by atoms with E-state index in [1.807, 2.05) is 0 Å². The number of benzene rings is 1. The van der Waals surface area contributed by atoms with E-state index in [-0.39, 0.29) is 0 Å². The van der Waals surface area contributed by atoms with E-state index in [0.717, 1.165) is 6.26 Å². The van der Waals surface area contributed by atoms with Gasteiger partial charge in [-0.25, -0.2) is 8.42 Å². The van der Waals surface area contributed by atoms with Crippen molar-refractivity contribution in [2.75, 3.05) is 23.8 Å². The van der Waals surface area contributed by atoms with Gasteiger partial charge in [0.2, 0.25) is 10.0 Å². The largest absolute Gasteiger partial charge is 0.495 e. The highest BCUT2D eigenvalue weighted by Gasteiger charge is 2.04. The van der Waals surface area contributed by atoms with E-state index in [9.17, 15) is 8.42 Å². The third-order valence-corrected chi connectivity index (χ3v) is 2.14. The maximum atomic E-state index is 10.9. The summed E-state index contributed by atoms with van der Waals surface area (Å²) < 4.78 is 29.1. The van der Waals surface area contributed by atoms with Gasteiger partial charge in [-0.15, -0.1) is 0 Å². The van der Waals surface area contributed by atoms with Crippen LogP contribution in [0.4, 0.5) is 11.4 Å². The number of nitrogens with one attached hydrogen (secondary N) is 1. The van der Waals surface area contributed by atoms with Gasteiger partial charge in [-0.05, 0) is 12.1 Å². The summed E-state index contributed by atoms with van der Waals surface area (Å²) in [7, 11) is -1.79. The van der Waals surface area contributed by atoms with E-state index in [0.29, 0.717) is 17.1 Å². The number of methoxy groups -OCH3 is 1. The van der Waals surface area contributed by atoms with Crippen molar-refractivity contribution in [3.05, 3.63) is 18.2 Å². The lowest BCUT2D eigenvalue weighted by atomic mass is 10.3. The molecule has 0 unspecified atom stereocenters. The van der Waals surface area contributed by atoms with E-state index in [4.69, 9.17) is 10.5 Å². The van der Waals surface area contributed by atoms with Gasteiger partial charge in [-0.3, -0.25) is 4.72 Å². The Labute approximate surface area is 82.9 Å². The van der Waals surface area contributed by atoms with E-state index in [1.165, 1.54) is 13.2 Å². The molecule has 1 rings (SSSR count). The smallest absolute Gasteiger partial charge is 0.229 e. The van der Waals surface area contributed by atoms with Crippen molar-refractivity contribution in [3.8, 4) is 5.75 Å². The monoisotopic (exact) mass is 216 g/mol. The third kappa shape index (κ3) is 2.81. The summed E-state index contributed by atoms with van der Waals surface area (Å²) in [6.45, 7) is 0. The number of ether oxygens (including phenoxy) is 1. The molecule has 0 saturated heterocycles. The van der Waals surface area contributed by atoms with Crippen LogP contribution in [-0.2, 0) is 10.0 Å². The molecule has 0 spiro atoms. The van der Waals surface area contributed by atoms with Crippen LogP contribution in [0, 0.1) is 0 Å². The Hall–Kier alpha value is -1.43. The number of sulfonamides is 1. The van der Waals surface area contributed by atoms with Crippen molar-refractivity contribution in [2.45, 2.75) is 0 Å². The number of nitrogen functional groups attached to an aromatic ring is 1. The summed E-state index contributed by atoms with van der Waals surface area (Å²) >= 11 is 0. The number of rotatable bonds is 3. The molecular weight excluding hydrogens is 204 g/mol. The van der Waals surface area contributed by atoms with Gasteiger partial charge in [0.1, 0.15) is 5.75 Å². The van der Waals surface area contributed by atoms with Crippen LogP contribution in [-0.4, -0.2) is 21.8 Å². The molecule has 0 aliphatic rings. The lowest BCUT2D eigenvalue weighted by Gasteiger charge is -2.08. The lowest BCUT2D eigenvalue weighted by Crippen LogP contribution is -2.09. The van der Waals surface area contributed by atoms with Gasteiger partial charge < -0.3 is 10.5 Å². The molecule has 14 heavy (non-hydrogen) atoms. The van der Waals surface area contributed by atoms with Crippen LogP contribution in [0.1, 0.15) is 0 Å². The van der Waals surface area contributed by atoms with Crippen LogP contribution in [0.25, 0.3) is 0 Å². The molecule has 0 atom stereocenters. The van der Waals surface area contributed by atoms with Crippen molar-refractivity contribution >= 4 is 21.4 Å². The molecule has 1 aromatic carbocycles. The molecule has 0 saturated carbocycles.